The molecule has 0 saturated carbocycles. The minimum Gasteiger partial charge on any atom is -0.507 e. The topological polar surface area (TPSA) is 106 Å². The van der Waals surface area contributed by atoms with Crippen molar-refractivity contribution in [3.63, 3.8) is 0 Å². The summed E-state index contributed by atoms with van der Waals surface area (Å²) in [6, 6.07) is 46.2. The molecule has 0 spiro atoms. The standard InChI is InChI=1S/C25H25NO3.C19H17NO2.C2H6O.C2H6/c1-17-13-14-23(29-2)24(17)25-21(27)15-20(16-22(25)28)26(18-9-5-3-6-10-18)19-11-7-4-8-12-19;1-14-18(21)12-17(13-19(14)22)20(15-8-4-2-5-9-15)16-10-6-3-7-11-16;1-3-2;1-2/h3-17,23-24,27-28H,1-2H3;2-13,21-22H,1H3;1-2H3;1-2H3. The van der Waals surface area contributed by atoms with Crippen LogP contribution in [0.4, 0.5) is 34.1 Å². The molecule has 0 bridgehead atoms. The van der Waals surface area contributed by atoms with Gasteiger partial charge in [-0.05, 0) is 61.4 Å². The molecule has 1 aliphatic rings. The first-order chi connectivity index (χ1) is 27.2. The first-order valence-corrected chi connectivity index (χ1v) is 18.7. The van der Waals surface area contributed by atoms with Crippen LogP contribution in [0.1, 0.15) is 37.8 Å². The largest absolute Gasteiger partial charge is 0.507 e. The zero-order chi connectivity index (χ0) is 40.6. The van der Waals surface area contributed by atoms with Crippen molar-refractivity contribution in [1.82, 2.24) is 0 Å². The van der Waals surface area contributed by atoms with Crippen molar-refractivity contribution in [2.24, 2.45) is 5.92 Å². The second-order valence-corrected chi connectivity index (χ2v) is 12.9. The Morgan fingerprint density at radius 3 is 1.07 bits per heavy atom. The van der Waals surface area contributed by atoms with E-state index in [0.717, 1.165) is 22.7 Å². The van der Waals surface area contributed by atoms with Crippen LogP contribution in [0.3, 0.4) is 0 Å². The van der Waals surface area contributed by atoms with Gasteiger partial charge in [0.05, 0.1) is 17.5 Å². The molecule has 56 heavy (non-hydrogen) atoms. The molecule has 4 N–H and O–H groups in total. The fourth-order valence-electron chi connectivity index (χ4n) is 6.56. The molecule has 0 aromatic heterocycles. The molecule has 8 heteroatoms. The Hall–Kier alpha value is -6.22. The Bertz CT molecular complexity index is 1970. The van der Waals surface area contributed by atoms with Gasteiger partial charge in [-0.2, -0.15) is 0 Å². The number of rotatable bonds is 8. The summed E-state index contributed by atoms with van der Waals surface area (Å²) in [6.45, 7) is 7.75. The summed E-state index contributed by atoms with van der Waals surface area (Å²) in [5.74, 6) is 0.315. The van der Waals surface area contributed by atoms with Gasteiger partial charge in [0.1, 0.15) is 23.0 Å². The molecule has 0 saturated heterocycles. The summed E-state index contributed by atoms with van der Waals surface area (Å²) < 4.78 is 9.81. The van der Waals surface area contributed by atoms with Gasteiger partial charge >= 0.3 is 0 Å². The average Bonchev–Trinajstić information content (AvgIpc) is 3.59. The zero-order valence-corrected chi connectivity index (χ0v) is 33.2. The molecule has 6 aromatic rings. The first-order valence-electron chi connectivity index (χ1n) is 18.7. The molecule has 6 aromatic carbocycles. The Morgan fingerprint density at radius 1 is 0.464 bits per heavy atom. The molecule has 8 nitrogen and oxygen atoms in total. The monoisotopic (exact) mass is 754 g/mol. The second-order valence-electron chi connectivity index (χ2n) is 12.9. The van der Waals surface area contributed by atoms with Gasteiger partial charge in [-0.25, -0.2) is 0 Å². The lowest BCUT2D eigenvalue weighted by atomic mass is 9.86. The summed E-state index contributed by atoms with van der Waals surface area (Å²) in [6.07, 6.45) is 3.88. The molecule has 0 heterocycles. The third-order valence-corrected chi connectivity index (χ3v) is 9.16. The SMILES string of the molecule is CC.COC.COC1C=CC(C)C1c1c(O)cc(N(c2ccccc2)c2ccccc2)cc1O.Cc1c(O)cc(N(c2ccccc2)c2ccccc2)cc1O. The van der Waals surface area contributed by atoms with Gasteiger partial charge in [-0.15, -0.1) is 0 Å². The molecular formula is C48H54N2O6. The Kier molecular flexibility index (Phi) is 16.0. The van der Waals surface area contributed by atoms with Crippen molar-refractivity contribution in [2.45, 2.75) is 39.7 Å². The van der Waals surface area contributed by atoms with Crippen LogP contribution < -0.4 is 9.80 Å². The van der Waals surface area contributed by atoms with Crippen LogP contribution in [0.15, 0.2) is 158 Å². The number of nitrogens with zero attached hydrogens (tertiary/aromatic N) is 2. The lowest BCUT2D eigenvalue weighted by molar-refractivity contribution is 0.114. The van der Waals surface area contributed by atoms with Crippen molar-refractivity contribution in [2.75, 3.05) is 31.1 Å². The lowest BCUT2D eigenvalue weighted by Gasteiger charge is -2.28. The summed E-state index contributed by atoms with van der Waals surface area (Å²) in [4.78, 5) is 3.99. The highest BCUT2D eigenvalue weighted by atomic mass is 16.5. The number of allylic oxidation sites excluding steroid dienone is 1. The molecule has 0 aliphatic heterocycles. The molecule has 0 amide bonds. The number of ether oxygens (including phenoxy) is 2. The van der Waals surface area contributed by atoms with Crippen LogP contribution in [0, 0.1) is 12.8 Å². The number of hydrogen-bond acceptors (Lipinski definition) is 8. The van der Waals surface area contributed by atoms with Crippen LogP contribution in [0.5, 0.6) is 23.0 Å². The van der Waals surface area contributed by atoms with Gasteiger partial charge in [0.25, 0.3) is 0 Å². The van der Waals surface area contributed by atoms with E-state index < -0.39 is 0 Å². The predicted molar refractivity (Wildman–Crippen MR) is 230 cm³/mol. The zero-order valence-electron chi connectivity index (χ0n) is 33.2. The predicted octanol–water partition coefficient (Wildman–Crippen LogP) is 12.0. The minimum atomic E-state index is -0.174. The van der Waals surface area contributed by atoms with E-state index in [0.29, 0.717) is 22.5 Å². The molecule has 3 unspecified atom stereocenters. The fraction of sp³-hybridized carbons (Fsp3) is 0.208. The third kappa shape index (κ3) is 10.3. The van der Waals surface area contributed by atoms with Crippen LogP contribution in [0.2, 0.25) is 0 Å². The molecule has 7 rings (SSSR count). The van der Waals surface area contributed by atoms with E-state index in [2.05, 4.69) is 17.7 Å². The van der Waals surface area contributed by atoms with Crippen molar-refractivity contribution < 1.29 is 29.9 Å². The third-order valence-electron chi connectivity index (χ3n) is 9.16. The highest BCUT2D eigenvalue weighted by Crippen LogP contribution is 2.48. The highest BCUT2D eigenvalue weighted by molar-refractivity contribution is 5.80. The molecule has 3 atom stereocenters. The Balaban J connectivity index is 0.000000230. The van der Waals surface area contributed by atoms with Gasteiger partial charge in [-0.3, -0.25) is 0 Å². The summed E-state index contributed by atoms with van der Waals surface area (Å²) in [7, 11) is 4.90. The van der Waals surface area contributed by atoms with Crippen molar-refractivity contribution in [3.8, 4) is 23.0 Å². The normalized spacial score (nSPS) is 15.2. The van der Waals surface area contributed by atoms with Crippen molar-refractivity contribution >= 4 is 34.1 Å². The summed E-state index contributed by atoms with van der Waals surface area (Å²) >= 11 is 0. The van der Waals surface area contributed by atoms with E-state index in [1.807, 2.05) is 151 Å². The maximum atomic E-state index is 10.9. The van der Waals surface area contributed by atoms with E-state index >= 15 is 0 Å². The first kappa shape index (κ1) is 42.5. The summed E-state index contributed by atoms with van der Waals surface area (Å²) in [5.41, 5.74) is 6.19. The number of hydrogen-bond donors (Lipinski definition) is 4. The van der Waals surface area contributed by atoms with Gasteiger partial charge in [0, 0.05) is 85.4 Å². The quantitative estimate of drug-likeness (QED) is 0.114. The van der Waals surface area contributed by atoms with E-state index in [1.54, 1.807) is 52.5 Å². The van der Waals surface area contributed by atoms with E-state index in [4.69, 9.17) is 4.74 Å². The van der Waals surface area contributed by atoms with Crippen LogP contribution in [-0.2, 0) is 9.47 Å². The molecule has 1 aliphatic carbocycles. The number of phenolic OH excluding ortho intramolecular Hbond substituents is 4. The van der Waals surface area contributed by atoms with Gasteiger partial charge in [0.15, 0.2) is 0 Å². The number of para-hydroxylation sites is 4. The van der Waals surface area contributed by atoms with E-state index in [-0.39, 0.29) is 40.9 Å². The maximum Gasteiger partial charge on any atom is 0.124 e. The van der Waals surface area contributed by atoms with Crippen LogP contribution in [-0.4, -0.2) is 47.9 Å². The number of anilines is 6. The smallest absolute Gasteiger partial charge is 0.124 e. The van der Waals surface area contributed by atoms with Crippen LogP contribution in [0.25, 0.3) is 0 Å². The Morgan fingerprint density at radius 2 is 0.768 bits per heavy atom. The molecule has 292 valence electrons. The molecular weight excluding hydrogens is 701 g/mol. The summed E-state index contributed by atoms with van der Waals surface area (Å²) in [5, 5.41) is 41.9. The van der Waals surface area contributed by atoms with Gasteiger partial charge < -0.3 is 39.7 Å². The number of phenols is 4. The van der Waals surface area contributed by atoms with E-state index in [1.165, 1.54) is 0 Å². The van der Waals surface area contributed by atoms with Gasteiger partial charge in [-0.1, -0.05) is 106 Å². The van der Waals surface area contributed by atoms with Crippen molar-refractivity contribution in [3.05, 3.63) is 169 Å². The lowest BCUT2D eigenvalue weighted by Crippen LogP contribution is -2.19. The average molecular weight is 755 g/mol. The van der Waals surface area contributed by atoms with Gasteiger partial charge in [0.2, 0.25) is 0 Å². The fourth-order valence-corrected chi connectivity index (χ4v) is 6.56. The molecule has 0 radical (unpaired) electrons. The Labute approximate surface area is 331 Å². The highest BCUT2D eigenvalue weighted by Gasteiger charge is 2.35. The van der Waals surface area contributed by atoms with Crippen molar-refractivity contribution in [1.29, 1.82) is 0 Å². The second kappa shape index (κ2) is 21.0. The maximum absolute atomic E-state index is 10.9. The number of benzene rings is 6. The number of aromatic hydroxyl groups is 4. The van der Waals surface area contributed by atoms with E-state index in [9.17, 15) is 20.4 Å². The minimum absolute atomic E-state index is 0.0689. The number of methoxy groups -OCH3 is 2. The van der Waals surface area contributed by atoms with Crippen LogP contribution >= 0.6 is 0 Å². The molecule has 0 fully saturated rings.